The molecule has 136 valence electrons. The third-order valence-electron chi connectivity index (χ3n) is 3.89. The fourth-order valence-electron chi connectivity index (χ4n) is 2.52. The van der Waals surface area contributed by atoms with Gasteiger partial charge in [-0.3, -0.25) is 4.79 Å². The molecule has 1 aromatic carbocycles. The summed E-state index contributed by atoms with van der Waals surface area (Å²) in [6.45, 7) is 5.07. The summed E-state index contributed by atoms with van der Waals surface area (Å²) in [5.41, 5.74) is 2.31. The lowest BCUT2D eigenvalue weighted by molar-refractivity contribution is -0.136. The molecular weight excluding hydrogens is 322 g/mol. The number of amides is 1. The molecule has 0 unspecified atom stereocenters. The van der Waals surface area contributed by atoms with Crippen LogP contribution in [0.1, 0.15) is 19.4 Å². The van der Waals surface area contributed by atoms with E-state index in [0.717, 1.165) is 12.1 Å². The average molecular weight is 347 g/mol. The molecule has 0 fully saturated rings. The van der Waals surface area contributed by atoms with Gasteiger partial charge in [-0.05, 0) is 17.7 Å². The van der Waals surface area contributed by atoms with Gasteiger partial charge >= 0.3 is 5.97 Å². The average Bonchev–Trinajstić information content (AvgIpc) is 2.90. The zero-order chi connectivity index (χ0) is 18.4. The van der Waals surface area contributed by atoms with Crippen molar-refractivity contribution in [2.24, 2.45) is 0 Å². The number of carbonyl (C=O) groups is 2. The summed E-state index contributed by atoms with van der Waals surface area (Å²) in [7, 11) is 1.28. The number of rotatable bonds is 8. The number of benzene rings is 1. The first kappa shape index (κ1) is 19.0. The van der Waals surface area contributed by atoms with Crippen molar-refractivity contribution in [3.63, 3.8) is 0 Å². The Morgan fingerprint density at radius 1 is 1.32 bits per heavy atom. The lowest BCUT2D eigenvalue weighted by Crippen LogP contribution is -2.31. The minimum Gasteiger partial charge on any atom is -0.466 e. The standard InChI is InChI=1S/C18H25N3O4/c1-12(2)19-10-13-4-6-14(7-5-13)20-16-15(18(24)25-3)11-21(8-9-22)17(16)23/h4-7,12,19-20,22H,8-11H2,1-3H3. The monoisotopic (exact) mass is 347 g/mol. The Balaban J connectivity index is 2.14. The van der Waals surface area contributed by atoms with Crippen LogP contribution in [-0.2, 0) is 20.9 Å². The van der Waals surface area contributed by atoms with E-state index in [9.17, 15) is 9.59 Å². The number of methoxy groups -OCH3 is 1. The van der Waals surface area contributed by atoms with Crippen molar-refractivity contribution < 1.29 is 19.4 Å². The maximum Gasteiger partial charge on any atom is 0.337 e. The Hall–Kier alpha value is -2.38. The van der Waals surface area contributed by atoms with Crippen LogP contribution in [0.25, 0.3) is 0 Å². The van der Waals surface area contributed by atoms with Crippen molar-refractivity contribution in [1.82, 2.24) is 10.2 Å². The number of nitrogens with one attached hydrogen (secondary N) is 2. The van der Waals surface area contributed by atoms with Crippen molar-refractivity contribution in [1.29, 1.82) is 0 Å². The molecular formula is C18H25N3O4. The quantitative estimate of drug-likeness (QED) is 0.604. The van der Waals surface area contributed by atoms with E-state index in [4.69, 9.17) is 9.84 Å². The number of aliphatic hydroxyl groups is 1. The van der Waals surface area contributed by atoms with E-state index in [1.54, 1.807) is 0 Å². The highest BCUT2D eigenvalue weighted by Gasteiger charge is 2.34. The molecule has 1 aromatic rings. The van der Waals surface area contributed by atoms with Crippen molar-refractivity contribution in [3.05, 3.63) is 41.1 Å². The number of hydrogen-bond donors (Lipinski definition) is 3. The SMILES string of the molecule is COC(=O)C1=C(Nc2ccc(CNC(C)C)cc2)C(=O)N(CCO)C1. The smallest absolute Gasteiger partial charge is 0.337 e. The van der Waals surface area contributed by atoms with Crippen LogP contribution in [0.5, 0.6) is 0 Å². The van der Waals surface area contributed by atoms with Crippen LogP contribution in [0.4, 0.5) is 5.69 Å². The summed E-state index contributed by atoms with van der Waals surface area (Å²) in [4.78, 5) is 25.8. The largest absolute Gasteiger partial charge is 0.466 e. The minimum atomic E-state index is -0.547. The maximum atomic E-state index is 12.5. The van der Waals surface area contributed by atoms with E-state index in [-0.39, 0.29) is 36.9 Å². The van der Waals surface area contributed by atoms with Crippen LogP contribution in [0.3, 0.4) is 0 Å². The minimum absolute atomic E-state index is 0.130. The molecule has 3 N–H and O–H groups in total. The summed E-state index contributed by atoms with van der Waals surface area (Å²) in [6.07, 6.45) is 0. The summed E-state index contributed by atoms with van der Waals surface area (Å²) < 4.78 is 4.76. The van der Waals surface area contributed by atoms with Gasteiger partial charge in [-0.25, -0.2) is 4.79 Å². The summed E-state index contributed by atoms with van der Waals surface area (Å²) in [5, 5.41) is 15.4. The molecule has 1 amide bonds. The zero-order valence-corrected chi connectivity index (χ0v) is 14.8. The first-order valence-corrected chi connectivity index (χ1v) is 8.27. The van der Waals surface area contributed by atoms with E-state index in [2.05, 4.69) is 24.5 Å². The third kappa shape index (κ3) is 4.80. The predicted octanol–water partition coefficient (Wildman–Crippen LogP) is 0.858. The molecule has 1 aliphatic heterocycles. The van der Waals surface area contributed by atoms with Crippen LogP contribution >= 0.6 is 0 Å². The second kappa shape index (κ2) is 8.64. The summed E-state index contributed by atoms with van der Waals surface area (Å²) in [6, 6.07) is 8.05. The highest BCUT2D eigenvalue weighted by atomic mass is 16.5. The first-order chi connectivity index (χ1) is 12.0. The van der Waals surface area contributed by atoms with Gasteiger partial charge in [0.1, 0.15) is 5.70 Å². The van der Waals surface area contributed by atoms with Crippen molar-refractivity contribution in [2.75, 3.05) is 32.1 Å². The van der Waals surface area contributed by atoms with E-state index in [1.165, 1.54) is 12.0 Å². The lowest BCUT2D eigenvalue weighted by atomic mass is 10.2. The van der Waals surface area contributed by atoms with Gasteiger partial charge in [-0.15, -0.1) is 0 Å². The molecule has 0 spiro atoms. The van der Waals surface area contributed by atoms with Gasteiger partial charge in [0.2, 0.25) is 0 Å². The molecule has 0 radical (unpaired) electrons. The van der Waals surface area contributed by atoms with E-state index >= 15 is 0 Å². The van der Waals surface area contributed by atoms with Gasteiger partial charge in [0.25, 0.3) is 5.91 Å². The molecule has 2 rings (SSSR count). The number of ether oxygens (including phenoxy) is 1. The van der Waals surface area contributed by atoms with Gasteiger partial charge in [0, 0.05) is 24.8 Å². The zero-order valence-electron chi connectivity index (χ0n) is 14.8. The predicted molar refractivity (Wildman–Crippen MR) is 94.7 cm³/mol. The molecule has 7 nitrogen and oxygen atoms in total. The number of nitrogens with zero attached hydrogens (tertiary/aromatic N) is 1. The molecule has 0 aromatic heterocycles. The fraction of sp³-hybridized carbons (Fsp3) is 0.444. The first-order valence-electron chi connectivity index (χ1n) is 8.27. The van der Waals surface area contributed by atoms with Crippen molar-refractivity contribution in [2.45, 2.75) is 26.4 Å². The Morgan fingerprint density at radius 3 is 2.56 bits per heavy atom. The number of carbonyl (C=O) groups excluding carboxylic acids is 2. The molecule has 25 heavy (non-hydrogen) atoms. The van der Waals surface area contributed by atoms with Crippen LogP contribution < -0.4 is 10.6 Å². The number of esters is 1. The summed E-state index contributed by atoms with van der Waals surface area (Å²) >= 11 is 0. The van der Waals surface area contributed by atoms with E-state index in [0.29, 0.717) is 11.7 Å². The van der Waals surface area contributed by atoms with Crippen LogP contribution in [-0.4, -0.2) is 54.7 Å². The topological polar surface area (TPSA) is 90.9 Å². The normalized spacial score (nSPS) is 14.4. The molecule has 1 aliphatic rings. The van der Waals surface area contributed by atoms with Crippen molar-refractivity contribution in [3.8, 4) is 0 Å². The second-order valence-electron chi connectivity index (χ2n) is 6.15. The number of β-amino-alcohol motifs (C(OH)–C–C–N with tert-alkyl or cyclic N) is 1. The lowest BCUT2D eigenvalue weighted by Gasteiger charge is -2.15. The molecule has 0 saturated carbocycles. The Labute approximate surface area is 147 Å². The Morgan fingerprint density at radius 2 is 2.00 bits per heavy atom. The molecule has 7 heteroatoms. The van der Waals surface area contributed by atoms with Crippen LogP contribution in [0.2, 0.25) is 0 Å². The number of aliphatic hydroxyl groups excluding tert-OH is 1. The van der Waals surface area contributed by atoms with E-state index < -0.39 is 5.97 Å². The maximum absolute atomic E-state index is 12.5. The van der Waals surface area contributed by atoms with Gasteiger partial charge in [0.05, 0.1) is 25.8 Å². The van der Waals surface area contributed by atoms with Gasteiger partial charge in [0.15, 0.2) is 0 Å². The Bertz CT molecular complexity index is 653. The highest BCUT2D eigenvalue weighted by molar-refractivity contribution is 6.08. The fourth-order valence-corrected chi connectivity index (χ4v) is 2.52. The molecule has 0 aliphatic carbocycles. The summed E-state index contributed by atoms with van der Waals surface area (Å²) in [5.74, 6) is -0.867. The molecule has 0 saturated heterocycles. The molecule has 1 heterocycles. The van der Waals surface area contributed by atoms with Gasteiger partial charge in [-0.1, -0.05) is 26.0 Å². The molecule has 0 atom stereocenters. The highest BCUT2D eigenvalue weighted by Crippen LogP contribution is 2.22. The second-order valence-corrected chi connectivity index (χ2v) is 6.15. The third-order valence-corrected chi connectivity index (χ3v) is 3.89. The Kier molecular flexibility index (Phi) is 6.55. The number of hydrogen-bond acceptors (Lipinski definition) is 6. The van der Waals surface area contributed by atoms with Crippen LogP contribution in [0, 0.1) is 0 Å². The van der Waals surface area contributed by atoms with Gasteiger partial charge in [-0.2, -0.15) is 0 Å². The van der Waals surface area contributed by atoms with Crippen molar-refractivity contribution >= 4 is 17.6 Å². The molecule has 0 bridgehead atoms. The van der Waals surface area contributed by atoms with E-state index in [1.807, 2.05) is 24.3 Å². The number of anilines is 1. The van der Waals surface area contributed by atoms with Gasteiger partial charge < -0.3 is 25.4 Å². The van der Waals surface area contributed by atoms with Crippen LogP contribution in [0.15, 0.2) is 35.5 Å².